The lowest BCUT2D eigenvalue weighted by atomic mass is 10.0. The molecule has 3 rings (SSSR count). The second-order valence-electron chi connectivity index (χ2n) is 6.38. The van der Waals surface area contributed by atoms with Gasteiger partial charge in [0.25, 0.3) is 0 Å². The van der Waals surface area contributed by atoms with Gasteiger partial charge < -0.3 is 10.1 Å². The van der Waals surface area contributed by atoms with Crippen molar-refractivity contribution in [3.8, 4) is 5.75 Å². The highest BCUT2D eigenvalue weighted by molar-refractivity contribution is 7.89. The van der Waals surface area contributed by atoms with Gasteiger partial charge in [0, 0.05) is 37.2 Å². The Kier molecular flexibility index (Phi) is 5.94. The van der Waals surface area contributed by atoms with Crippen LogP contribution in [0.5, 0.6) is 5.75 Å². The van der Waals surface area contributed by atoms with Gasteiger partial charge in [-0.25, -0.2) is 8.42 Å². The fourth-order valence-corrected chi connectivity index (χ4v) is 5.00. The van der Waals surface area contributed by atoms with Gasteiger partial charge in [-0.1, -0.05) is 37.3 Å². The van der Waals surface area contributed by atoms with Gasteiger partial charge >= 0.3 is 0 Å². The molecule has 1 saturated heterocycles. The molecule has 1 aliphatic rings. The molecule has 1 N–H and O–H groups in total. The highest BCUT2D eigenvalue weighted by atomic mass is 32.2. The topological polar surface area (TPSA) is 75.7 Å². The Bertz CT molecular complexity index is 927. The van der Waals surface area contributed by atoms with Gasteiger partial charge in [0.05, 0.1) is 18.0 Å². The number of benzene rings is 2. The molecule has 2 aromatic rings. The summed E-state index contributed by atoms with van der Waals surface area (Å²) in [5.74, 6) is 0.579. The highest BCUT2D eigenvalue weighted by Gasteiger charge is 2.35. The molecule has 27 heavy (non-hydrogen) atoms. The quantitative estimate of drug-likeness (QED) is 0.770. The van der Waals surface area contributed by atoms with Crippen molar-refractivity contribution < 1.29 is 17.9 Å². The summed E-state index contributed by atoms with van der Waals surface area (Å²) in [6.45, 7) is 3.17. The molecule has 1 unspecified atom stereocenters. The number of carbonyl (C=O) groups is 1. The Labute approximate surface area is 160 Å². The standard InChI is InChI=1S/C20H24N2O4S/c1-3-19(23)15-7-6-8-16(13-15)27(24,25)22-12-11-21-14-18(22)17-9-4-5-10-20(17)26-2/h4-10,13,18,21H,3,11-12,14H2,1-2H3. The second-order valence-corrected chi connectivity index (χ2v) is 8.27. The molecule has 144 valence electrons. The number of rotatable bonds is 6. The van der Waals surface area contributed by atoms with Crippen LogP contribution in [0, 0.1) is 0 Å². The van der Waals surface area contributed by atoms with E-state index in [2.05, 4.69) is 5.32 Å². The maximum atomic E-state index is 13.4. The summed E-state index contributed by atoms with van der Waals surface area (Å²) >= 11 is 0. The normalized spacial score (nSPS) is 18.2. The smallest absolute Gasteiger partial charge is 0.243 e. The van der Waals surface area contributed by atoms with Crippen molar-refractivity contribution in [1.82, 2.24) is 9.62 Å². The van der Waals surface area contributed by atoms with Crippen LogP contribution in [0.15, 0.2) is 53.4 Å². The van der Waals surface area contributed by atoms with Crippen LogP contribution in [0.3, 0.4) is 0 Å². The van der Waals surface area contributed by atoms with Crippen LogP contribution in [0.2, 0.25) is 0 Å². The van der Waals surface area contributed by atoms with Crippen molar-refractivity contribution in [2.75, 3.05) is 26.7 Å². The SMILES string of the molecule is CCC(=O)c1cccc(S(=O)(=O)N2CCNCC2c2ccccc2OC)c1. The van der Waals surface area contributed by atoms with E-state index in [1.807, 2.05) is 24.3 Å². The van der Waals surface area contributed by atoms with E-state index in [1.54, 1.807) is 32.2 Å². The molecule has 0 aromatic heterocycles. The predicted molar refractivity (Wildman–Crippen MR) is 104 cm³/mol. The van der Waals surface area contributed by atoms with Crippen LogP contribution in [-0.2, 0) is 10.0 Å². The summed E-state index contributed by atoms with van der Waals surface area (Å²) in [6.07, 6.45) is 0.334. The molecule has 0 bridgehead atoms. The van der Waals surface area contributed by atoms with Crippen molar-refractivity contribution in [3.05, 3.63) is 59.7 Å². The predicted octanol–water partition coefficient (Wildman–Crippen LogP) is 2.62. The first-order valence-electron chi connectivity index (χ1n) is 8.97. The van der Waals surface area contributed by atoms with E-state index in [-0.39, 0.29) is 16.7 Å². The fourth-order valence-electron chi connectivity index (χ4n) is 3.35. The van der Waals surface area contributed by atoms with Crippen LogP contribution < -0.4 is 10.1 Å². The molecule has 0 saturated carbocycles. The molecule has 0 radical (unpaired) electrons. The number of methoxy groups -OCH3 is 1. The molecule has 7 heteroatoms. The summed E-state index contributed by atoms with van der Waals surface area (Å²) in [5, 5.41) is 3.26. The first-order chi connectivity index (χ1) is 13.0. The second kappa shape index (κ2) is 8.21. The van der Waals surface area contributed by atoms with Gasteiger partial charge in [-0.15, -0.1) is 0 Å². The van der Waals surface area contributed by atoms with E-state index in [0.29, 0.717) is 37.4 Å². The lowest BCUT2D eigenvalue weighted by molar-refractivity contribution is 0.0988. The van der Waals surface area contributed by atoms with Gasteiger partial charge in [-0.2, -0.15) is 4.31 Å². The fraction of sp³-hybridized carbons (Fsp3) is 0.350. The molecular weight excluding hydrogens is 364 g/mol. The van der Waals surface area contributed by atoms with Crippen LogP contribution in [0.1, 0.15) is 35.3 Å². The number of ether oxygens (including phenoxy) is 1. The minimum atomic E-state index is -3.76. The summed E-state index contributed by atoms with van der Waals surface area (Å²) in [7, 11) is -2.19. The van der Waals surface area contributed by atoms with Crippen molar-refractivity contribution in [3.63, 3.8) is 0 Å². The molecular formula is C20H24N2O4S. The number of Topliss-reactive ketones (excluding diaryl/α,β-unsaturated/α-hetero) is 1. The van der Waals surface area contributed by atoms with Crippen LogP contribution >= 0.6 is 0 Å². The maximum absolute atomic E-state index is 13.4. The summed E-state index contributed by atoms with van der Waals surface area (Å²) in [4.78, 5) is 12.1. The lowest BCUT2D eigenvalue weighted by Crippen LogP contribution is -2.48. The third-order valence-corrected chi connectivity index (χ3v) is 6.68. The molecule has 2 aromatic carbocycles. The van der Waals surface area contributed by atoms with E-state index in [1.165, 1.54) is 10.4 Å². The van der Waals surface area contributed by atoms with Gasteiger partial charge in [-0.05, 0) is 18.2 Å². The van der Waals surface area contributed by atoms with Crippen molar-refractivity contribution in [2.45, 2.75) is 24.3 Å². The number of nitrogens with one attached hydrogen (secondary N) is 1. The summed E-state index contributed by atoms with van der Waals surface area (Å²) < 4.78 is 33.7. The number of hydrogen-bond donors (Lipinski definition) is 1. The number of sulfonamides is 1. The first kappa shape index (κ1) is 19.5. The molecule has 1 fully saturated rings. The monoisotopic (exact) mass is 388 g/mol. The van der Waals surface area contributed by atoms with Crippen LogP contribution in [-0.4, -0.2) is 45.3 Å². The molecule has 1 atom stereocenters. The van der Waals surface area contributed by atoms with E-state index < -0.39 is 10.0 Å². The number of para-hydroxylation sites is 1. The Morgan fingerprint density at radius 1 is 1.22 bits per heavy atom. The minimum absolute atomic E-state index is 0.0753. The van der Waals surface area contributed by atoms with Crippen LogP contribution in [0.4, 0.5) is 0 Å². The maximum Gasteiger partial charge on any atom is 0.243 e. The molecule has 0 amide bonds. The average molecular weight is 388 g/mol. The number of carbonyl (C=O) groups excluding carboxylic acids is 1. The Morgan fingerprint density at radius 2 is 2.00 bits per heavy atom. The van der Waals surface area contributed by atoms with Crippen LogP contribution in [0.25, 0.3) is 0 Å². The van der Waals surface area contributed by atoms with E-state index in [4.69, 9.17) is 4.74 Å². The molecule has 0 aliphatic carbocycles. The third kappa shape index (κ3) is 3.90. The zero-order valence-corrected chi connectivity index (χ0v) is 16.3. The minimum Gasteiger partial charge on any atom is -0.496 e. The van der Waals surface area contributed by atoms with Crippen molar-refractivity contribution in [2.24, 2.45) is 0 Å². The van der Waals surface area contributed by atoms with Gasteiger partial charge in [-0.3, -0.25) is 4.79 Å². The van der Waals surface area contributed by atoms with Crippen molar-refractivity contribution in [1.29, 1.82) is 0 Å². The molecule has 1 aliphatic heterocycles. The number of ketones is 1. The van der Waals surface area contributed by atoms with E-state index in [0.717, 1.165) is 5.56 Å². The largest absolute Gasteiger partial charge is 0.496 e. The average Bonchev–Trinajstić information content (AvgIpc) is 2.73. The van der Waals surface area contributed by atoms with Gasteiger partial charge in [0.1, 0.15) is 5.75 Å². The lowest BCUT2D eigenvalue weighted by Gasteiger charge is -2.36. The third-order valence-electron chi connectivity index (χ3n) is 4.78. The highest BCUT2D eigenvalue weighted by Crippen LogP contribution is 2.34. The van der Waals surface area contributed by atoms with E-state index >= 15 is 0 Å². The first-order valence-corrected chi connectivity index (χ1v) is 10.4. The Hall–Kier alpha value is -2.22. The van der Waals surface area contributed by atoms with Gasteiger partial charge in [0.15, 0.2) is 5.78 Å². The summed E-state index contributed by atoms with van der Waals surface area (Å²) in [5.41, 5.74) is 1.24. The zero-order chi connectivity index (χ0) is 19.4. The van der Waals surface area contributed by atoms with Crippen molar-refractivity contribution >= 4 is 15.8 Å². The summed E-state index contributed by atoms with van der Waals surface area (Å²) in [6, 6.07) is 13.4. The number of piperazine rings is 1. The number of hydrogen-bond acceptors (Lipinski definition) is 5. The Balaban J connectivity index is 2.02. The molecule has 0 spiro atoms. The zero-order valence-electron chi connectivity index (χ0n) is 15.5. The van der Waals surface area contributed by atoms with E-state index in [9.17, 15) is 13.2 Å². The molecule has 1 heterocycles. The Morgan fingerprint density at radius 3 is 2.74 bits per heavy atom. The van der Waals surface area contributed by atoms with Gasteiger partial charge in [0.2, 0.25) is 10.0 Å². The molecule has 6 nitrogen and oxygen atoms in total. The number of nitrogens with zero attached hydrogens (tertiary/aromatic N) is 1.